The number of hydrogen-bond donors (Lipinski definition) is 2. The summed E-state index contributed by atoms with van der Waals surface area (Å²) in [6.07, 6.45) is 1.26. The molecule has 0 saturated carbocycles. The van der Waals surface area contributed by atoms with Gasteiger partial charge in [0.25, 0.3) is 5.91 Å². The van der Waals surface area contributed by atoms with Gasteiger partial charge in [-0.25, -0.2) is 4.98 Å². The molecule has 0 fully saturated rings. The topological polar surface area (TPSA) is 96.5 Å². The lowest BCUT2D eigenvalue weighted by molar-refractivity contribution is 0.101. The summed E-state index contributed by atoms with van der Waals surface area (Å²) in [6.45, 7) is 1.81. The second kappa shape index (κ2) is 3.50. The van der Waals surface area contributed by atoms with Gasteiger partial charge in [0.15, 0.2) is 0 Å². The standard InChI is InChI=1S/C6H6N6OS/c1-3-10-12-6(14-3)9-5(13)4-7-2-8-11-4/h2H,1H3,(H,7,8,11)(H,9,12,13). The fraction of sp³-hybridized carbons (Fsp3) is 0.167. The third-order valence-corrected chi connectivity index (χ3v) is 2.13. The minimum atomic E-state index is -0.376. The number of aryl methyl sites for hydroxylation is 1. The number of nitrogens with one attached hydrogen (secondary N) is 2. The van der Waals surface area contributed by atoms with Crippen LogP contribution in [0.3, 0.4) is 0 Å². The van der Waals surface area contributed by atoms with Crippen LogP contribution in [0.4, 0.5) is 5.13 Å². The number of anilines is 1. The Kier molecular flexibility index (Phi) is 2.19. The van der Waals surface area contributed by atoms with Crippen molar-refractivity contribution in [2.75, 3.05) is 5.32 Å². The molecular formula is C6H6N6OS. The van der Waals surface area contributed by atoms with E-state index < -0.39 is 0 Å². The van der Waals surface area contributed by atoms with Crippen LogP contribution in [-0.4, -0.2) is 31.3 Å². The molecule has 14 heavy (non-hydrogen) atoms. The van der Waals surface area contributed by atoms with Crippen molar-refractivity contribution in [1.82, 2.24) is 25.4 Å². The third kappa shape index (κ3) is 1.74. The first-order chi connectivity index (χ1) is 6.75. The normalized spacial score (nSPS) is 10.1. The molecule has 2 rings (SSSR count). The van der Waals surface area contributed by atoms with Crippen LogP contribution in [0.25, 0.3) is 0 Å². The van der Waals surface area contributed by atoms with E-state index in [0.29, 0.717) is 5.13 Å². The van der Waals surface area contributed by atoms with E-state index in [4.69, 9.17) is 0 Å². The van der Waals surface area contributed by atoms with Gasteiger partial charge >= 0.3 is 0 Å². The first kappa shape index (κ1) is 8.75. The number of H-pyrrole nitrogens is 1. The summed E-state index contributed by atoms with van der Waals surface area (Å²) in [4.78, 5) is 15.1. The summed E-state index contributed by atoms with van der Waals surface area (Å²) < 4.78 is 0. The molecule has 8 heteroatoms. The highest BCUT2D eigenvalue weighted by molar-refractivity contribution is 7.15. The van der Waals surface area contributed by atoms with Crippen molar-refractivity contribution in [3.63, 3.8) is 0 Å². The fourth-order valence-electron chi connectivity index (χ4n) is 0.818. The summed E-state index contributed by atoms with van der Waals surface area (Å²) >= 11 is 1.30. The molecule has 0 unspecified atom stereocenters. The SMILES string of the molecule is Cc1nnc(NC(=O)c2ncn[nH]2)s1. The number of amides is 1. The minimum absolute atomic E-state index is 0.151. The van der Waals surface area contributed by atoms with Crippen LogP contribution in [0.15, 0.2) is 6.33 Å². The molecule has 0 bridgehead atoms. The highest BCUT2D eigenvalue weighted by atomic mass is 32.1. The van der Waals surface area contributed by atoms with Gasteiger partial charge < -0.3 is 0 Å². The van der Waals surface area contributed by atoms with Crippen LogP contribution < -0.4 is 5.32 Å². The van der Waals surface area contributed by atoms with Crippen LogP contribution >= 0.6 is 11.3 Å². The van der Waals surface area contributed by atoms with Gasteiger partial charge in [-0.3, -0.25) is 15.2 Å². The Morgan fingerprint density at radius 2 is 2.43 bits per heavy atom. The maximum Gasteiger partial charge on any atom is 0.294 e. The Hall–Kier alpha value is -1.83. The molecule has 0 spiro atoms. The predicted octanol–water partition coefficient (Wildman–Crippen LogP) is 0.217. The number of aromatic amines is 1. The number of hydrogen-bond acceptors (Lipinski definition) is 6. The number of carbonyl (C=O) groups is 1. The van der Waals surface area contributed by atoms with Crippen LogP contribution in [0.2, 0.25) is 0 Å². The first-order valence-corrected chi connectivity index (χ1v) is 4.54. The molecule has 0 aromatic carbocycles. The Morgan fingerprint density at radius 3 is 3.00 bits per heavy atom. The zero-order valence-corrected chi connectivity index (χ0v) is 8.00. The summed E-state index contributed by atoms with van der Waals surface area (Å²) in [7, 11) is 0. The van der Waals surface area contributed by atoms with Gasteiger partial charge in [0.1, 0.15) is 11.3 Å². The van der Waals surface area contributed by atoms with Crippen molar-refractivity contribution in [3.8, 4) is 0 Å². The maximum absolute atomic E-state index is 11.4. The Bertz CT molecular complexity index is 435. The summed E-state index contributed by atoms with van der Waals surface area (Å²) in [6, 6.07) is 0. The number of nitrogens with zero attached hydrogens (tertiary/aromatic N) is 4. The maximum atomic E-state index is 11.4. The van der Waals surface area contributed by atoms with E-state index in [1.165, 1.54) is 17.7 Å². The van der Waals surface area contributed by atoms with Gasteiger partial charge in [0.05, 0.1) is 0 Å². The number of rotatable bonds is 2. The molecule has 2 heterocycles. The van der Waals surface area contributed by atoms with E-state index in [-0.39, 0.29) is 11.7 Å². The quantitative estimate of drug-likeness (QED) is 0.738. The van der Waals surface area contributed by atoms with E-state index >= 15 is 0 Å². The van der Waals surface area contributed by atoms with E-state index in [1.54, 1.807) is 0 Å². The largest absolute Gasteiger partial charge is 0.294 e. The monoisotopic (exact) mass is 210 g/mol. The molecule has 0 aliphatic heterocycles. The van der Waals surface area contributed by atoms with E-state index in [1.807, 2.05) is 6.92 Å². The van der Waals surface area contributed by atoms with Crippen LogP contribution in [0, 0.1) is 6.92 Å². The molecular weight excluding hydrogens is 204 g/mol. The second-order valence-corrected chi connectivity index (χ2v) is 3.60. The van der Waals surface area contributed by atoms with Gasteiger partial charge in [-0.1, -0.05) is 11.3 Å². The zero-order chi connectivity index (χ0) is 9.97. The van der Waals surface area contributed by atoms with Gasteiger partial charge in [0.2, 0.25) is 11.0 Å². The smallest absolute Gasteiger partial charge is 0.294 e. The Morgan fingerprint density at radius 1 is 1.57 bits per heavy atom. The van der Waals surface area contributed by atoms with Gasteiger partial charge in [-0.2, -0.15) is 5.10 Å². The summed E-state index contributed by atoms with van der Waals surface area (Å²) in [5.74, 6) is -0.225. The van der Waals surface area contributed by atoms with Crippen molar-refractivity contribution in [2.45, 2.75) is 6.92 Å². The minimum Gasteiger partial charge on any atom is -0.294 e. The molecule has 2 aromatic rings. The third-order valence-electron chi connectivity index (χ3n) is 1.38. The lowest BCUT2D eigenvalue weighted by atomic mass is 10.6. The summed E-state index contributed by atoms with van der Waals surface area (Å²) in [5, 5.41) is 17.3. The van der Waals surface area contributed by atoms with E-state index in [9.17, 15) is 4.79 Å². The van der Waals surface area contributed by atoms with Crippen molar-refractivity contribution in [3.05, 3.63) is 17.2 Å². The van der Waals surface area contributed by atoms with Crippen LogP contribution in [0.5, 0.6) is 0 Å². The molecule has 0 aliphatic rings. The molecule has 1 amide bonds. The molecule has 2 aromatic heterocycles. The lowest BCUT2D eigenvalue weighted by Crippen LogP contribution is -2.13. The highest BCUT2D eigenvalue weighted by Crippen LogP contribution is 2.13. The Labute approximate surface area is 82.6 Å². The molecule has 0 radical (unpaired) electrons. The number of carbonyl (C=O) groups excluding carboxylic acids is 1. The van der Waals surface area contributed by atoms with Gasteiger partial charge in [0, 0.05) is 0 Å². The molecule has 0 saturated heterocycles. The molecule has 0 aliphatic carbocycles. The molecule has 72 valence electrons. The summed E-state index contributed by atoms with van der Waals surface area (Å²) in [5.41, 5.74) is 0. The lowest BCUT2D eigenvalue weighted by Gasteiger charge is -1.94. The molecule has 0 atom stereocenters. The van der Waals surface area contributed by atoms with Gasteiger partial charge in [-0.15, -0.1) is 10.2 Å². The van der Waals surface area contributed by atoms with Crippen molar-refractivity contribution < 1.29 is 4.79 Å². The average Bonchev–Trinajstić information content (AvgIpc) is 2.75. The zero-order valence-electron chi connectivity index (χ0n) is 7.18. The van der Waals surface area contributed by atoms with Crippen molar-refractivity contribution >= 4 is 22.4 Å². The van der Waals surface area contributed by atoms with E-state index in [2.05, 4.69) is 30.7 Å². The second-order valence-electron chi connectivity index (χ2n) is 2.41. The number of aromatic nitrogens is 5. The van der Waals surface area contributed by atoms with Crippen LogP contribution in [-0.2, 0) is 0 Å². The highest BCUT2D eigenvalue weighted by Gasteiger charge is 2.10. The van der Waals surface area contributed by atoms with Gasteiger partial charge in [-0.05, 0) is 6.92 Å². The average molecular weight is 210 g/mol. The molecule has 2 N–H and O–H groups in total. The van der Waals surface area contributed by atoms with Crippen LogP contribution in [0.1, 0.15) is 15.6 Å². The Balaban J connectivity index is 2.09. The first-order valence-electron chi connectivity index (χ1n) is 3.72. The van der Waals surface area contributed by atoms with Crippen molar-refractivity contribution in [1.29, 1.82) is 0 Å². The fourth-order valence-corrected chi connectivity index (χ4v) is 1.41. The van der Waals surface area contributed by atoms with Crippen molar-refractivity contribution in [2.24, 2.45) is 0 Å². The predicted molar refractivity (Wildman–Crippen MR) is 49.0 cm³/mol. The molecule has 7 nitrogen and oxygen atoms in total. The van der Waals surface area contributed by atoms with E-state index in [0.717, 1.165) is 5.01 Å².